The van der Waals surface area contributed by atoms with Crippen LogP contribution in [0.1, 0.15) is 22.6 Å². The smallest absolute Gasteiger partial charge is 0.284 e. The number of rotatable bonds is 2. The van der Waals surface area contributed by atoms with Crippen molar-refractivity contribution in [1.29, 1.82) is 0 Å². The first kappa shape index (κ1) is 14.3. The van der Waals surface area contributed by atoms with E-state index in [0.717, 1.165) is 29.4 Å². The maximum absolute atomic E-state index is 12.5. The third-order valence-electron chi connectivity index (χ3n) is 4.14. The minimum absolute atomic E-state index is 0.0627. The molecule has 0 aliphatic carbocycles. The molecule has 1 amide bonds. The summed E-state index contributed by atoms with van der Waals surface area (Å²) in [5, 5.41) is 10.4. The highest BCUT2D eigenvalue weighted by atomic mass is 32.1. The normalized spacial score (nSPS) is 16.1. The molecule has 118 valence electrons. The fourth-order valence-electron chi connectivity index (χ4n) is 2.82. The summed E-state index contributed by atoms with van der Waals surface area (Å²) in [6, 6.07) is 7.96. The van der Waals surface area contributed by atoms with Crippen molar-refractivity contribution >= 4 is 28.2 Å². The number of fused-ring (bicyclic) bond motifs is 1. The molecule has 2 aromatic heterocycles. The van der Waals surface area contributed by atoms with Gasteiger partial charge in [0.1, 0.15) is 5.58 Å². The van der Waals surface area contributed by atoms with Crippen molar-refractivity contribution in [3.05, 3.63) is 35.5 Å². The summed E-state index contributed by atoms with van der Waals surface area (Å²) >= 11 is 1.30. The second-order valence-corrected chi connectivity index (χ2v) is 6.66. The van der Waals surface area contributed by atoms with Gasteiger partial charge in [-0.1, -0.05) is 23.5 Å². The van der Waals surface area contributed by atoms with Crippen molar-refractivity contribution in [2.75, 3.05) is 13.1 Å². The van der Waals surface area contributed by atoms with Crippen LogP contribution in [0.25, 0.3) is 21.5 Å². The Kier molecular flexibility index (Phi) is 3.59. The molecule has 7 heteroatoms. The Hall–Kier alpha value is -2.25. The number of hydrogen-bond donors (Lipinski definition) is 1. The van der Waals surface area contributed by atoms with E-state index in [1.807, 2.05) is 24.3 Å². The lowest BCUT2D eigenvalue weighted by molar-refractivity contribution is 0.0713. The highest BCUT2D eigenvalue weighted by molar-refractivity contribution is 7.16. The summed E-state index contributed by atoms with van der Waals surface area (Å²) in [5.41, 5.74) is 7.52. The molecule has 3 heterocycles. The van der Waals surface area contributed by atoms with E-state index in [2.05, 4.69) is 10.2 Å². The molecule has 23 heavy (non-hydrogen) atoms. The fourth-order valence-corrected chi connectivity index (χ4v) is 3.65. The van der Waals surface area contributed by atoms with Crippen molar-refractivity contribution in [3.8, 4) is 10.6 Å². The van der Waals surface area contributed by atoms with Crippen LogP contribution < -0.4 is 5.73 Å². The molecule has 0 radical (unpaired) electrons. The number of aromatic nitrogens is 2. The lowest BCUT2D eigenvalue weighted by Gasteiger charge is -2.29. The van der Waals surface area contributed by atoms with Crippen molar-refractivity contribution < 1.29 is 9.21 Å². The van der Waals surface area contributed by atoms with E-state index in [-0.39, 0.29) is 11.9 Å². The van der Waals surface area contributed by atoms with Crippen LogP contribution in [0.3, 0.4) is 0 Å². The van der Waals surface area contributed by atoms with Crippen LogP contribution in [0, 0.1) is 0 Å². The fraction of sp³-hybridized carbons (Fsp3) is 0.312. The number of carbonyl (C=O) groups is 1. The number of piperidine rings is 1. The van der Waals surface area contributed by atoms with E-state index in [4.69, 9.17) is 10.2 Å². The molecule has 1 fully saturated rings. The van der Waals surface area contributed by atoms with Crippen molar-refractivity contribution in [2.45, 2.75) is 18.9 Å². The summed E-state index contributed by atoms with van der Waals surface area (Å²) in [7, 11) is 0. The van der Waals surface area contributed by atoms with Gasteiger partial charge in [0, 0.05) is 24.5 Å². The first-order chi connectivity index (χ1) is 11.2. The number of likely N-dealkylation sites (tertiary alicyclic amines) is 1. The first-order valence-electron chi connectivity index (χ1n) is 7.57. The largest absolute Gasteiger partial charge is 0.464 e. The van der Waals surface area contributed by atoms with E-state index in [1.54, 1.807) is 11.2 Å². The average Bonchev–Trinajstić information content (AvgIpc) is 3.24. The Morgan fingerprint density at radius 1 is 1.26 bits per heavy atom. The van der Waals surface area contributed by atoms with E-state index in [9.17, 15) is 4.79 Å². The van der Waals surface area contributed by atoms with Crippen LogP contribution in [0.5, 0.6) is 0 Å². The average molecular weight is 328 g/mol. The highest BCUT2D eigenvalue weighted by Gasteiger charge is 2.25. The summed E-state index contributed by atoms with van der Waals surface area (Å²) in [6.45, 7) is 1.37. The molecule has 1 aliphatic rings. The summed E-state index contributed by atoms with van der Waals surface area (Å²) in [4.78, 5) is 14.3. The minimum Gasteiger partial charge on any atom is -0.464 e. The molecule has 2 N–H and O–H groups in total. The minimum atomic E-state index is -0.0627. The second kappa shape index (κ2) is 5.75. The van der Waals surface area contributed by atoms with Gasteiger partial charge < -0.3 is 15.1 Å². The van der Waals surface area contributed by atoms with E-state index in [0.29, 0.717) is 23.1 Å². The molecule has 1 aliphatic heterocycles. The standard InChI is InChI=1S/C16H16N4O2S/c17-11-4-7-20(8-5-11)16(21)15-19-18-14(23-15)12-3-1-2-10-6-9-22-13(10)12/h1-3,6,9,11H,4-5,7-8,17H2. The van der Waals surface area contributed by atoms with Crippen LogP contribution in [0.2, 0.25) is 0 Å². The van der Waals surface area contributed by atoms with Gasteiger partial charge in [-0.05, 0) is 25.0 Å². The predicted molar refractivity (Wildman–Crippen MR) is 88.2 cm³/mol. The number of hydrogen-bond acceptors (Lipinski definition) is 6. The Bertz CT molecular complexity index is 849. The molecule has 0 bridgehead atoms. The van der Waals surface area contributed by atoms with Crippen LogP contribution in [0.4, 0.5) is 0 Å². The molecular formula is C16H16N4O2S. The molecule has 0 unspecified atom stereocenters. The van der Waals surface area contributed by atoms with Gasteiger partial charge in [0.15, 0.2) is 5.01 Å². The number of nitrogens with zero attached hydrogens (tertiary/aromatic N) is 3. The molecule has 0 atom stereocenters. The van der Waals surface area contributed by atoms with Gasteiger partial charge in [-0.25, -0.2) is 0 Å². The second-order valence-electron chi connectivity index (χ2n) is 5.69. The number of nitrogens with two attached hydrogens (primary N) is 1. The van der Waals surface area contributed by atoms with Gasteiger partial charge in [0.05, 0.1) is 11.8 Å². The topological polar surface area (TPSA) is 85.2 Å². The zero-order valence-electron chi connectivity index (χ0n) is 12.4. The van der Waals surface area contributed by atoms with Crippen LogP contribution in [0.15, 0.2) is 34.9 Å². The molecule has 0 spiro atoms. The monoisotopic (exact) mass is 328 g/mol. The molecule has 1 saturated heterocycles. The predicted octanol–water partition coefficient (Wildman–Crippen LogP) is 2.51. The quantitative estimate of drug-likeness (QED) is 0.781. The molecule has 0 saturated carbocycles. The van der Waals surface area contributed by atoms with Gasteiger partial charge in [0.25, 0.3) is 5.91 Å². The van der Waals surface area contributed by atoms with Crippen LogP contribution in [-0.2, 0) is 0 Å². The van der Waals surface area contributed by atoms with Gasteiger partial charge >= 0.3 is 0 Å². The van der Waals surface area contributed by atoms with Crippen LogP contribution in [-0.4, -0.2) is 40.1 Å². The van der Waals surface area contributed by atoms with Crippen molar-refractivity contribution in [1.82, 2.24) is 15.1 Å². The molecule has 1 aromatic carbocycles. The van der Waals surface area contributed by atoms with E-state index < -0.39 is 0 Å². The van der Waals surface area contributed by atoms with E-state index >= 15 is 0 Å². The third-order valence-corrected chi connectivity index (χ3v) is 5.09. The number of furan rings is 1. The maximum atomic E-state index is 12.5. The Labute approximate surface area is 136 Å². The zero-order chi connectivity index (χ0) is 15.8. The number of amides is 1. The maximum Gasteiger partial charge on any atom is 0.284 e. The number of carbonyl (C=O) groups excluding carboxylic acids is 1. The first-order valence-corrected chi connectivity index (χ1v) is 8.39. The Balaban J connectivity index is 1.62. The van der Waals surface area contributed by atoms with E-state index in [1.165, 1.54) is 11.3 Å². The number of para-hydroxylation sites is 1. The third kappa shape index (κ3) is 2.62. The molecular weight excluding hydrogens is 312 g/mol. The molecule has 3 aromatic rings. The van der Waals surface area contributed by atoms with Gasteiger partial charge in [-0.15, -0.1) is 10.2 Å². The summed E-state index contributed by atoms with van der Waals surface area (Å²) < 4.78 is 5.53. The molecule has 4 rings (SSSR count). The van der Waals surface area contributed by atoms with Crippen molar-refractivity contribution in [3.63, 3.8) is 0 Å². The lowest BCUT2D eigenvalue weighted by atomic mass is 10.1. The lowest BCUT2D eigenvalue weighted by Crippen LogP contribution is -2.42. The van der Waals surface area contributed by atoms with Gasteiger partial charge in [0.2, 0.25) is 5.01 Å². The van der Waals surface area contributed by atoms with Gasteiger partial charge in [-0.2, -0.15) is 0 Å². The van der Waals surface area contributed by atoms with Gasteiger partial charge in [-0.3, -0.25) is 4.79 Å². The van der Waals surface area contributed by atoms with Crippen LogP contribution >= 0.6 is 11.3 Å². The van der Waals surface area contributed by atoms with Crippen molar-refractivity contribution in [2.24, 2.45) is 5.73 Å². The Morgan fingerprint density at radius 2 is 2.09 bits per heavy atom. The summed E-state index contributed by atoms with van der Waals surface area (Å²) in [5.74, 6) is -0.0627. The Morgan fingerprint density at radius 3 is 2.91 bits per heavy atom. The zero-order valence-corrected chi connectivity index (χ0v) is 13.3. The number of benzene rings is 1. The SMILES string of the molecule is NC1CCN(C(=O)c2nnc(-c3cccc4ccoc34)s2)CC1. The highest BCUT2D eigenvalue weighted by Crippen LogP contribution is 2.31. The molecule has 6 nitrogen and oxygen atoms in total. The summed E-state index contributed by atoms with van der Waals surface area (Å²) in [6.07, 6.45) is 3.32.